The first kappa shape index (κ1) is 14.5. The molecule has 1 fully saturated rings. The fourth-order valence-corrected chi connectivity index (χ4v) is 9.19. The van der Waals surface area contributed by atoms with Gasteiger partial charge in [-0.25, -0.2) is 0 Å². The summed E-state index contributed by atoms with van der Waals surface area (Å²) in [4.78, 5) is 0. The summed E-state index contributed by atoms with van der Waals surface area (Å²) in [5.74, 6) is 1.07. The quantitative estimate of drug-likeness (QED) is 0.566. The maximum Gasteiger partial charge on any atom is 0.0867 e. The van der Waals surface area contributed by atoms with Crippen molar-refractivity contribution in [2.75, 3.05) is 0 Å². The maximum atomic E-state index is 2.65. The summed E-state index contributed by atoms with van der Waals surface area (Å²) < 4.78 is 0. The van der Waals surface area contributed by atoms with Gasteiger partial charge in [-0.05, 0) is 44.9 Å². The Bertz CT molecular complexity index is 881. The van der Waals surface area contributed by atoms with Crippen molar-refractivity contribution in [3.8, 4) is 11.1 Å². The van der Waals surface area contributed by atoms with Crippen LogP contribution in [-0.2, 0) is 0 Å². The first-order valence-electron chi connectivity index (χ1n) is 9.16. The molecule has 2 aliphatic carbocycles. The molecule has 1 saturated heterocycles. The second kappa shape index (κ2) is 4.61. The standard InChI is InChI=1S/C23H24Si/c1-14(2)21-19(13-20-23(21)24(20,3)4)22-17-11-7-5-9-15(17)16-10-6-8-12-18(16)22/h5-14,20,22H,1-4H3. The van der Waals surface area contributed by atoms with Crippen molar-refractivity contribution >= 4 is 8.07 Å². The van der Waals surface area contributed by atoms with Gasteiger partial charge in [-0.3, -0.25) is 0 Å². The van der Waals surface area contributed by atoms with E-state index in [2.05, 4.69) is 81.5 Å². The van der Waals surface area contributed by atoms with E-state index in [1.54, 1.807) is 11.1 Å². The van der Waals surface area contributed by atoms with E-state index < -0.39 is 8.07 Å². The van der Waals surface area contributed by atoms with E-state index in [0.717, 1.165) is 5.54 Å². The number of benzene rings is 2. The van der Waals surface area contributed by atoms with E-state index >= 15 is 0 Å². The Kier molecular flexibility index (Phi) is 2.78. The van der Waals surface area contributed by atoms with Crippen LogP contribution in [0.15, 0.2) is 70.9 Å². The summed E-state index contributed by atoms with van der Waals surface area (Å²) >= 11 is 0. The second-order valence-electron chi connectivity index (χ2n) is 8.41. The average molecular weight is 329 g/mol. The molecular formula is C23H24Si. The molecule has 24 heavy (non-hydrogen) atoms. The fourth-order valence-electron chi connectivity index (χ4n) is 5.20. The Morgan fingerprint density at radius 1 is 0.833 bits per heavy atom. The van der Waals surface area contributed by atoms with Gasteiger partial charge in [-0.1, -0.05) is 86.7 Å². The number of allylic oxidation sites excluding steroid dienone is 4. The number of rotatable bonds is 2. The van der Waals surface area contributed by atoms with Gasteiger partial charge in [0.25, 0.3) is 0 Å². The lowest BCUT2D eigenvalue weighted by Gasteiger charge is -2.23. The van der Waals surface area contributed by atoms with Gasteiger partial charge in [0.1, 0.15) is 0 Å². The average Bonchev–Trinajstić information content (AvgIpc) is 2.94. The molecule has 1 heteroatoms. The first-order chi connectivity index (χ1) is 11.5. The third kappa shape index (κ3) is 1.69. The zero-order valence-corrected chi connectivity index (χ0v) is 15.9. The van der Waals surface area contributed by atoms with Crippen molar-refractivity contribution < 1.29 is 0 Å². The van der Waals surface area contributed by atoms with Crippen LogP contribution in [0.5, 0.6) is 0 Å². The van der Waals surface area contributed by atoms with Crippen molar-refractivity contribution in [3.63, 3.8) is 0 Å². The summed E-state index contributed by atoms with van der Waals surface area (Å²) in [6.07, 6.45) is 2.65. The fraction of sp³-hybridized carbons (Fsp3) is 0.304. The number of hydrogen-bond acceptors (Lipinski definition) is 0. The highest BCUT2D eigenvalue weighted by molar-refractivity contribution is 6.99. The molecular weight excluding hydrogens is 304 g/mol. The molecule has 120 valence electrons. The zero-order valence-electron chi connectivity index (χ0n) is 14.9. The van der Waals surface area contributed by atoms with Crippen molar-refractivity contribution in [2.24, 2.45) is 5.92 Å². The van der Waals surface area contributed by atoms with Gasteiger partial charge >= 0.3 is 0 Å². The molecule has 5 rings (SSSR count). The lowest BCUT2D eigenvalue weighted by atomic mass is 9.83. The zero-order chi connectivity index (χ0) is 16.6. The molecule has 1 heterocycles. The van der Waals surface area contributed by atoms with Crippen LogP contribution in [0, 0.1) is 5.92 Å². The molecule has 3 aliphatic rings. The van der Waals surface area contributed by atoms with Crippen molar-refractivity contribution in [1.82, 2.24) is 0 Å². The monoisotopic (exact) mass is 328 g/mol. The van der Waals surface area contributed by atoms with Crippen LogP contribution in [0.3, 0.4) is 0 Å². The highest BCUT2D eigenvalue weighted by atomic mass is 28.3. The lowest BCUT2D eigenvalue weighted by Crippen LogP contribution is -2.13. The predicted molar refractivity (Wildman–Crippen MR) is 105 cm³/mol. The molecule has 0 nitrogen and oxygen atoms in total. The predicted octanol–water partition coefficient (Wildman–Crippen LogP) is 6.32. The van der Waals surface area contributed by atoms with Gasteiger partial charge < -0.3 is 0 Å². The highest BCUT2D eigenvalue weighted by Gasteiger charge is 2.58. The molecule has 0 spiro atoms. The van der Waals surface area contributed by atoms with Crippen LogP contribution in [0.2, 0.25) is 18.6 Å². The minimum absolute atomic E-state index is 0.444. The van der Waals surface area contributed by atoms with E-state index in [0.29, 0.717) is 11.8 Å². The van der Waals surface area contributed by atoms with Crippen LogP contribution in [-0.4, -0.2) is 8.07 Å². The SMILES string of the molecule is CC(C)C1=C2C(C=C1C1c3ccccc3-c3ccccc31)[Si]2(C)C. The molecule has 0 amide bonds. The van der Waals surface area contributed by atoms with E-state index in [-0.39, 0.29) is 0 Å². The largest absolute Gasteiger partial charge is 0.0867 e. The summed E-state index contributed by atoms with van der Waals surface area (Å²) in [6.45, 7) is 9.85. The second-order valence-corrected chi connectivity index (χ2v) is 13.0. The smallest absolute Gasteiger partial charge is 0.0756 e. The maximum absolute atomic E-state index is 2.65. The molecule has 1 atom stereocenters. The van der Waals surface area contributed by atoms with Crippen LogP contribution >= 0.6 is 0 Å². The van der Waals surface area contributed by atoms with Crippen LogP contribution in [0.1, 0.15) is 30.9 Å². The van der Waals surface area contributed by atoms with Gasteiger partial charge in [-0.15, -0.1) is 0 Å². The molecule has 1 unspecified atom stereocenters. The normalized spacial score (nSPS) is 23.2. The van der Waals surface area contributed by atoms with E-state index in [1.165, 1.54) is 22.3 Å². The van der Waals surface area contributed by atoms with Crippen LogP contribution in [0.25, 0.3) is 11.1 Å². The number of hydrogen-bond donors (Lipinski definition) is 0. The van der Waals surface area contributed by atoms with E-state index in [4.69, 9.17) is 0 Å². The molecule has 0 aromatic heterocycles. The molecule has 0 radical (unpaired) electrons. The first-order valence-corrected chi connectivity index (χ1v) is 12.2. The van der Waals surface area contributed by atoms with Crippen LogP contribution < -0.4 is 0 Å². The minimum atomic E-state index is -1.11. The molecule has 0 bridgehead atoms. The van der Waals surface area contributed by atoms with Gasteiger partial charge in [0.15, 0.2) is 0 Å². The van der Waals surface area contributed by atoms with Gasteiger partial charge in [-0.2, -0.15) is 0 Å². The van der Waals surface area contributed by atoms with Crippen molar-refractivity contribution in [3.05, 3.63) is 82.1 Å². The minimum Gasteiger partial charge on any atom is -0.0756 e. The van der Waals surface area contributed by atoms with E-state index in [1.807, 2.05) is 5.20 Å². The van der Waals surface area contributed by atoms with Crippen molar-refractivity contribution in [2.45, 2.75) is 38.4 Å². The Morgan fingerprint density at radius 3 is 1.92 bits per heavy atom. The molecule has 0 saturated carbocycles. The third-order valence-electron chi connectivity index (χ3n) is 6.37. The van der Waals surface area contributed by atoms with Gasteiger partial charge in [0.05, 0.1) is 8.07 Å². The molecule has 0 N–H and O–H groups in total. The van der Waals surface area contributed by atoms with Crippen LogP contribution in [0.4, 0.5) is 0 Å². The molecule has 2 aromatic carbocycles. The lowest BCUT2D eigenvalue weighted by molar-refractivity contribution is 0.760. The summed E-state index contributed by atoms with van der Waals surface area (Å²) in [6, 6.07) is 18.0. The molecule has 2 aromatic rings. The molecule has 1 aliphatic heterocycles. The Labute approximate surface area is 145 Å². The Morgan fingerprint density at radius 2 is 1.38 bits per heavy atom. The highest BCUT2D eigenvalue weighted by Crippen LogP contribution is 2.65. The Hall–Kier alpha value is -1.86. The topological polar surface area (TPSA) is 0 Å². The third-order valence-corrected chi connectivity index (χ3v) is 10.0. The Balaban J connectivity index is 1.72. The summed E-state index contributed by atoms with van der Waals surface area (Å²) in [5.41, 5.74) is 10.0. The van der Waals surface area contributed by atoms with Gasteiger partial charge in [0, 0.05) is 5.92 Å². The van der Waals surface area contributed by atoms with Crippen molar-refractivity contribution in [1.29, 1.82) is 0 Å². The summed E-state index contributed by atoms with van der Waals surface area (Å²) in [5, 5.41) is 1.84. The summed E-state index contributed by atoms with van der Waals surface area (Å²) in [7, 11) is -1.11. The number of fused-ring (bicyclic) bond motifs is 4. The van der Waals surface area contributed by atoms with E-state index in [9.17, 15) is 0 Å². The van der Waals surface area contributed by atoms with Gasteiger partial charge in [0.2, 0.25) is 0 Å².